The van der Waals surface area contributed by atoms with Gasteiger partial charge in [0.05, 0.1) is 18.3 Å². The Hall–Kier alpha value is -0.410. The van der Waals surface area contributed by atoms with Crippen LogP contribution in [-0.2, 0) is 14.3 Å². The van der Waals surface area contributed by atoms with Crippen molar-refractivity contribution in [3.05, 3.63) is 0 Å². The van der Waals surface area contributed by atoms with E-state index < -0.39 is 0 Å². The molecule has 0 aromatic carbocycles. The zero-order valence-electron chi connectivity index (χ0n) is 11.6. The summed E-state index contributed by atoms with van der Waals surface area (Å²) in [6.45, 7) is 6.05. The van der Waals surface area contributed by atoms with Crippen molar-refractivity contribution in [3.63, 3.8) is 0 Å². The third kappa shape index (κ3) is 4.76. The highest BCUT2D eigenvalue weighted by Gasteiger charge is 2.27. The van der Waals surface area contributed by atoms with Gasteiger partial charge in [-0.25, -0.2) is 0 Å². The SMILES string of the molecule is CCC(=O)[C@@H](C)CC[C@H]1C[C@H](OC)C[C@H](C)O1. The Balaban J connectivity index is 2.33. The molecule has 0 unspecified atom stereocenters. The third-order valence-corrected chi connectivity index (χ3v) is 3.70. The Morgan fingerprint density at radius 3 is 2.76 bits per heavy atom. The first-order chi connectivity index (χ1) is 8.06. The first-order valence-corrected chi connectivity index (χ1v) is 6.77. The maximum absolute atomic E-state index is 11.5. The Kier molecular flexibility index (Phi) is 6.14. The second-order valence-electron chi connectivity index (χ2n) is 5.20. The standard InChI is InChI=1S/C14H26O3/c1-5-14(15)10(2)6-7-12-9-13(16-4)8-11(3)17-12/h10-13H,5-9H2,1-4H3/t10-,11-,12-,13+/m0/s1. The molecule has 1 saturated heterocycles. The zero-order valence-corrected chi connectivity index (χ0v) is 11.6. The van der Waals surface area contributed by atoms with E-state index in [1.807, 2.05) is 13.8 Å². The highest BCUT2D eigenvalue weighted by Crippen LogP contribution is 2.25. The number of carbonyl (C=O) groups is 1. The molecule has 0 spiro atoms. The lowest BCUT2D eigenvalue weighted by Crippen LogP contribution is -2.35. The van der Waals surface area contributed by atoms with Crippen LogP contribution in [0, 0.1) is 5.92 Å². The lowest BCUT2D eigenvalue weighted by Gasteiger charge is -2.33. The van der Waals surface area contributed by atoms with E-state index in [0.717, 1.165) is 25.7 Å². The molecule has 3 nitrogen and oxygen atoms in total. The molecule has 3 heteroatoms. The van der Waals surface area contributed by atoms with Crippen molar-refractivity contribution in [1.29, 1.82) is 0 Å². The van der Waals surface area contributed by atoms with Crippen molar-refractivity contribution in [3.8, 4) is 0 Å². The van der Waals surface area contributed by atoms with E-state index in [2.05, 4.69) is 6.92 Å². The van der Waals surface area contributed by atoms with Crippen molar-refractivity contribution < 1.29 is 14.3 Å². The quantitative estimate of drug-likeness (QED) is 0.718. The smallest absolute Gasteiger partial charge is 0.135 e. The number of ether oxygens (including phenoxy) is 2. The topological polar surface area (TPSA) is 35.5 Å². The summed E-state index contributed by atoms with van der Waals surface area (Å²) in [5.41, 5.74) is 0. The van der Waals surface area contributed by atoms with Gasteiger partial charge in [-0.05, 0) is 32.6 Å². The minimum atomic E-state index is 0.168. The van der Waals surface area contributed by atoms with Crippen LogP contribution in [0.15, 0.2) is 0 Å². The van der Waals surface area contributed by atoms with E-state index >= 15 is 0 Å². The Morgan fingerprint density at radius 1 is 1.47 bits per heavy atom. The molecule has 0 radical (unpaired) electrons. The van der Waals surface area contributed by atoms with Gasteiger partial charge in [0.1, 0.15) is 5.78 Å². The molecule has 0 N–H and O–H groups in total. The summed E-state index contributed by atoms with van der Waals surface area (Å²) in [5.74, 6) is 0.527. The van der Waals surface area contributed by atoms with Gasteiger partial charge in [-0.1, -0.05) is 13.8 Å². The van der Waals surface area contributed by atoms with E-state index in [0.29, 0.717) is 18.3 Å². The Labute approximate surface area is 105 Å². The molecule has 0 bridgehead atoms. The van der Waals surface area contributed by atoms with Crippen molar-refractivity contribution in [2.75, 3.05) is 7.11 Å². The Morgan fingerprint density at radius 2 is 2.18 bits per heavy atom. The summed E-state index contributed by atoms with van der Waals surface area (Å²) < 4.78 is 11.3. The van der Waals surface area contributed by atoms with Crippen LogP contribution in [-0.4, -0.2) is 31.2 Å². The lowest BCUT2D eigenvalue weighted by atomic mass is 9.93. The van der Waals surface area contributed by atoms with Crippen LogP contribution in [0.3, 0.4) is 0 Å². The molecule has 17 heavy (non-hydrogen) atoms. The van der Waals surface area contributed by atoms with Gasteiger partial charge >= 0.3 is 0 Å². The van der Waals surface area contributed by atoms with Crippen LogP contribution in [0.4, 0.5) is 0 Å². The summed E-state index contributed by atoms with van der Waals surface area (Å²) in [4.78, 5) is 11.5. The summed E-state index contributed by atoms with van der Waals surface area (Å²) >= 11 is 0. The fourth-order valence-electron chi connectivity index (χ4n) is 2.52. The zero-order chi connectivity index (χ0) is 12.8. The lowest BCUT2D eigenvalue weighted by molar-refractivity contribution is -0.123. The van der Waals surface area contributed by atoms with E-state index in [9.17, 15) is 4.79 Å². The minimum absolute atomic E-state index is 0.168. The summed E-state index contributed by atoms with van der Waals surface area (Å²) in [5, 5.41) is 0. The molecule has 1 aliphatic rings. The monoisotopic (exact) mass is 242 g/mol. The maximum Gasteiger partial charge on any atom is 0.135 e. The molecule has 1 heterocycles. The molecule has 1 rings (SSSR count). The molecule has 0 aromatic heterocycles. The number of methoxy groups -OCH3 is 1. The molecule has 0 amide bonds. The number of ketones is 1. The average Bonchev–Trinajstić information content (AvgIpc) is 2.34. The van der Waals surface area contributed by atoms with Crippen molar-refractivity contribution in [2.45, 2.75) is 71.2 Å². The van der Waals surface area contributed by atoms with Gasteiger partial charge in [-0.3, -0.25) is 4.79 Å². The maximum atomic E-state index is 11.5. The van der Waals surface area contributed by atoms with E-state index in [-0.39, 0.29) is 18.1 Å². The third-order valence-electron chi connectivity index (χ3n) is 3.70. The van der Waals surface area contributed by atoms with Crippen molar-refractivity contribution >= 4 is 5.78 Å². The first-order valence-electron chi connectivity index (χ1n) is 6.77. The van der Waals surface area contributed by atoms with Crippen LogP contribution in [0.5, 0.6) is 0 Å². The fraction of sp³-hybridized carbons (Fsp3) is 0.929. The average molecular weight is 242 g/mol. The number of hydrogen-bond donors (Lipinski definition) is 0. The van der Waals surface area contributed by atoms with E-state index in [1.165, 1.54) is 0 Å². The normalized spacial score (nSPS) is 31.2. The van der Waals surface area contributed by atoms with Gasteiger partial charge in [0.25, 0.3) is 0 Å². The van der Waals surface area contributed by atoms with Crippen LogP contribution in [0.1, 0.15) is 52.9 Å². The van der Waals surface area contributed by atoms with E-state index in [1.54, 1.807) is 7.11 Å². The Bertz CT molecular complexity index is 240. The summed E-state index contributed by atoms with van der Waals surface area (Å²) in [6, 6.07) is 0. The first kappa shape index (κ1) is 14.7. The summed E-state index contributed by atoms with van der Waals surface area (Å²) in [6.07, 6.45) is 5.35. The minimum Gasteiger partial charge on any atom is -0.381 e. The molecule has 0 aliphatic carbocycles. The van der Waals surface area contributed by atoms with Gasteiger partial charge < -0.3 is 9.47 Å². The molecule has 1 aliphatic heterocycles. The van der Waals surface area contributed by atoms with Gasteiger partial charge in [-0.15, -0.1) is 0 Å². The molecular weight excluding hydrogens is 216 g/mol. The highest BCUT2D eigenvalue weighted by atomic mass is 16.5. The van der Waals surface area contributed by atoms with Gasteiger partial charge in [0.15, 0.2) is 0 Å². The molecular formula is C14H26O3. The number of hydrogen-bond acceptors (Lipinski definition) is 3. The van der Waals surface area contributed by atoms with Crippen LogP contribution < -0.4 is 0 Å². The number of carbonyl (C=O) groups excluding carboxylic acids is 1. The highest BCUT2D eigenvalue weighted by molar-refractivity contribution is 5.80. The second-order valence-corrected chi connectivity index (χ2v) is 5.20. The molecule has 100 valence electrons. The fourth-order valence-corrected chi connectivity index (χ4v) is 2.52. The van der Waals surface area contributed by atoms with Crippen LogP contribution >= 0.6 is 0 Å². The van der Waals surface area contributed by atoms with Crippen molar-refractivity contribution in [1.82, 2.24) is 0 Å². The molecule has 0 saturated carbocycles. The molecule has 4 atom stereocenters. The van der Waals surface area contributed by atoms with E-state index in [4.69, 9.17) is 9.47 Å². The van der Waals surface area contributed by atoms with Gasteiger partial charge in [0.2, 0.25) is 0 Å². The predicted octanol–water partition coefficient (Wildman–Crippen LogP) is 2.96. The molecule has 0 aromatic rings. The van der Waals surface area contributed by atoms with Gasteiger partial charge in [0, 0.05) is 19.4 Å². The van der Waals surface area contributed by atoms with Crippen molar-refractivity contribution in [2.24, 2.45) is 5.92 Å². The van der Waals surface area contributed by atoms with Crippen LogP contribution in [0.25, 0.3) is 0 Å². The second kappa shape index (κ2) is 7.12. The number of rotatable bonds is 6. The van der Waals surface area contributed by atoms with Gasteiger partial charge in [-0.2, -0.15) is 0 Å². The predicted molar refractivity (Wildman–Crippen MR) is 68.1 cm³/mol. The largest absolute Gasteiger partial charge is 0.381 e. The van der Waals surface area contributed by atoms with Crippen LogP contribution in [0.2, 0.25) is 0 Å². The number of Topliss-reactive ketones (excluding diaryl/α,β-unsaturated/α-hetero) is 1. The molecule has 1 fully saturated rings. The summed E-state index contributed by atoms with van der Waals surface area (Å²) in [7, 11) is 1.77.